The predicted octanol–water partition coefficient (Wildman–Crippen LogP) is 2.78. The molecule has 6 nitrogen and oxygen atoms in total. The normalized spacial score (nSPS) is 20.6. The van der Waals surface area contributed by atoms with Crippen LogP contribution in [0.3, 0.4) is 0 Å². The Balaban J connectivity index is 1.63. The van der Waals surface area contributed by atoms with Crippen LogP contribution in [0, 0.1) is 0 Å². The highest BCUT2D eigenvalue weighted by molar-refractivity contribution is 6.30. The van der Waals surface area contributed by atoms with E-state index < -0.39 is 0 Å². The minimum Gasteiger partial charge on any atom is -0.371 e. The van der Waals surface area contributed by atoms with Gasteiger partial charge in [-0.25, -0.2) is 4.79 Å². The summed E-state index contributed by atoms with van der Waals surface area (Å²) in [5.74, 6) is 0.405. The van der Waals surface area contributed by atoms with Crippen molar-refractivity contribution in [2.45, 2.75) is 18.6 Å². The van der Waals surface area contributed by atoms with E-state index in [9.17, 15) is 4.79 Å². The van der Waals surface area contributed by atoms with Gasteiger partial charge in [0.05, 0.1) is 6.04 Å². The molecule has 7 heteroatoms. The number of nitrogens with one attached hydrogen (secondary N) is 2. The second kappa shape index (κ2) is 6.72. The van der Waals surface area contributed by atoms with E-state index >= 15 is 0 Å². The lowest BCUT2D eigenvalue weighted by molar-refractivity contribution is 0.100. The molecular weight excluding hydrogens is 304 g/mol. The lowest BCUT2D eigenvalue weighted by Crippen LogP contribution is -2.39. The monoisotopic (exact) mass is 318 g/mol. The molecule has 2 heterocycles. The van der Waals surface area contributed by atoms with Crippen LogP contribution < -0.4 is 10.6 Å². The SMILES string of the molecule is O=C(Nc1cccnn1)N[C@H]1CCO[C@H]1c1ccc(Cl)cc1. The minimum absolute atomic E-state index is 0.0992. The van der Waals surface area contributed by atoms with E-state index in [0.717, 1.165) is 12.0 Å². The summed E-state index contributed by atoms with van der Waals surface area (Å²) in [4.78, 5) is 12.0. The average molecular weight is 319 g/mol. The zero-order valence-electron chi connectivity index (χ0n) is 11.7. The molecular formula is C15H15ClN4O2. The summed E-state index contributed by atoms with van der Waals surface area (Å²) in [6.07, 6.45) is 2.12. The number of aromatic nitrogens is 2. The first-order valence-corrected chi connectivity index (χ1v) is 7.32. The van der Waals surface area contributed by atoms with Crippen LogP contribution in [0.2, 0.25) is 5.02 Å². The van der Waals surface area contributed by atoms with Gasteiger partial charge in [-0.1, -0.05) is 23.7 Å². The molecule has 0 radical (unpaired) electrons. The molecule has 1 fully saturated rings. The molecule has 1 saturated heterocycles. The molecule has 1 aromatic heterocycles. The molecule has 2 amide bonds. The van der Waals surface area contributed by atoms with Crippen molar-refractivity contribution in [3.8, 4) is 0 Å². The fourth-order valence-electron chi connectivity index (χ4n) is 2.41. The first-order chi connectivity index (χ1) is 10.7. The second-order valence-corrected chi connectivity index (χ2v) is 5.38. The van der Waals surface area contributed by atoms with Gasteiger partial charge in [0.15, 0.2) is 5.82 Å². The van der Waals surface area contributed by atoms with Gasteiger partial charge in [-0.15, -0.1) is 5.10 Å². The number of benzene rings is 1. The number of carbonyl (C=O) groups excluding carboxylic acids is 1. The quantitative estimate of drug-likeness (QED) is 0.912. The first-order valence-electron chi connectivity index (χ1n) is 6.94. The van der Waals surface area contributed by atoms with Crippen molar-refractivity contribution in [1.29, 1.82) is 0 Å². The molecule has 2 aromatic rings. The zero-order chi connectivity index (χ0) is 15.4. The Kier molecular flexibility index (Phi) is 4.50. The maximum absolute atomic E-state index is 12.0. The van der Waals surface area contributed by atoms with Gasteiger partial charge < -0.3 is 10.1 Å². The number of anilines is 1. The van der Waals surface area contributed by atoms with Crippen molar-refractivity contribution in [3.63, 3.8) is 0 Å². The molecule has 3 rings (SSSR count). The summed E-state index contributed by atoms with van der Waals surface area (Å²) < 4.78 is 5.73. The van der Waals surface area contributed by atoms with Crippen LogP contribution in [-0.4, -0.2) is 28.9 Å². The van der Waals surface area contributed by atoms with Gasteiger partial charge in [0.1, 0.15) is 6.10 Å². The number of hydrogen-bond acceptors (Lipinski definition) is 4. The number of amides is 2. The van der Waals surface area contributed by atoms with Crippen molar-refractivity contribution < 1.29 is 9.53 Å². The predicted molar refractivity (Wildman–Crippen MR) is 82.7 cm³/mol. The Morgan fingerprint density at radius 3 is 2.82 bits per heavy atom. The Morgan fingerprint density at radius 2 is 2.09 bits per heavy atom. The zero-order valence-corrected chi connectivity index (χ0v) is 12.5. The summed E-state index contributed by atoms with van der Waals surface area (Å²) in [5.41, 5.74) is 0.992. The van der Waals surface area contributed by atoms with Crippen molar-refractivity contribution in [3.05, 3.63) is 53.2 Å². The number of hydrogen-bond donors (Lipinski definition) is 2. The summed E-state index contributed by atoms with van der Waals surface area (Å²) in [6.45, 7) is 0.601. The number of urea groups is 1. The van der Waals surface area contributed by atoms with Crippen molar-refractivity contribution >= 4 is 23.4 Å². The van der Waals surface area contributed by atoms with Gasteiger partial charge in [0.2, 0.25) is 0 Å². The van der Waals surface area contributed by atoms with E-state index in [1.54, 1.807) is 18.3 Å². The summed E-state index contributed by atoms with van der Waals surface area (Å²) >= 11 is 5.90. The molecule has 2 N–H and O–H groups in total. The highest BCUT2D eigenvalue weighted by atomic mass is 35.5. The summed E-state index contributed by atoms with van der Waals surface area (Å²) in [6, 6.07) is 10.4. The topological polar surface area (TPSA) is 76.1 Å². The van der Waals surface area contributed by atoms with Crippen LogP contribution in [0.15, 0.2) is 42.6 Å². The molecule has 22 heavy (non-hydrogen) atoms. The number of carbonyl (C=O) groups is 1. The molecule has 1 aromatic carbocycles. The van der Waals surface area contributed by atoms with Gasteiger partial charge in [-0.3, -0.25) is 5.32 Å². The largest absolute Gasteiger partial charge is 0.371 e. The maximum atomic E-state index is 12.0. The molecule has 0 spiro atoms. The van der Waals surface area contributed by atoms with Gasteiger partial charge >= 0.3 is 6.03 Å². The van der Waals surface area contributed by atoms with E-state index in [1.807, 2.05) is 24.3 Å². The van der Waals surface area contributed by atoms with E-state index in [1.165, 1.54) is 0 Å². The Morgan fingerprint density at radius 1 is 1.27 bits per heavy atom. The van der Waals surface area contributed by atoms with E-state index in [2.05, 4.69) is 20.8 Å². The standard InChI is InChI=1S/C15H15ClN4O2/c16-11-5-3-10(4-6-11)14-12(7-9-22-14)18-15(21)19-13-2-1-8-17-20-13/h1-6,8,12,14H,7,9H2,(H2,18,19,20,21)/t12-,14-/m0/s1. The number of halogens is 1. The molecule has 1 aliphatic rings. The van der Waals surface area contributed by atoms with Gasteiger partial charge in [-0.2, -0.15) is 5.10 Å². The number of rotatable bonds is 3. The lowest BCUT2D eigenvalue weighted by Gasteiger charge is -2.20. The summed E-state index contributed by atoms with van der Waals surface area (Å²) in [7, 11) is 0. The third-order valence-electron chi connectivity index (χ3n) is 3.42. The Labute approximate surface area is 132 Å². The first kappa shape index (κ1) is 14.7. The maximum Gasteiger partial charge on any atom is 0.320 e. The fourth-order valence-corrected chi connectivity index (χ4v) is 2.53. The van der Waals surface area contributed by atoms with Crippen LogP contribution in [0.25, 0.3) is 0 Å². The highest BCUT2D eigenvalue weighted by Crippen LogP contribution is 2.29. The number of ether oxygens (including phenoxy) is 1. The molecule has 0 unspecified atom stereocenters. The summed E-state index contributed by atoms with van der Waals surface area (Å²) in [5, 5.41) is 13.8. The molecule has 1 aliphatic heterocycles. The molecule has 0 saturated carbocycles. The van der Waals surface area contributed by atoms with Gasteiger partial charge in [0, 0.05) is 17.8 Å². The van der Waals surface area contributed by atoms with Crippen molar-refractivity contribution in [2.75, 3.05) is 11.9 Å². The Hall–Kier alpha value is -2.18. The molecule has 2 atom stereocenters. The lowest BCUT2D eigenvalue weighted by atomic mass is 10.0. The molecule has 0 bridgehead atoms. The molecule has 0 aliphatic carbocycles. The van der Waals surface area contributed by atoms with Crippen LogP contribution in [0.4, 0.5) is 10.6 Å². The van der Waals surface area contributed by atoms with Crippen LogP contribution in [-0.2, 0) is 4.74 Å². The van der Waals surface area contributed by atoms with Crippen molar-refractivity contribution in [1.82, 2.24) is 15.5 Å². The smallest absolute Gasteiger partial charge is 0.320 e. The minimum atomic E-state index is -0.324. The van der Waals surface area contributed by atoms with Crippen molar-refractivity contribution in [2.24, 2.45) is 0 Å². The Bertz CT molecular complexity index is 636. The van der Waals surface area contributed by atoms with E-state index in [0.29, 0.717) is 17.4 Å². The number of nitrogens with zero attached hydrogens (tertiary/aromatic N) is 2. The highest BCUT2D eigenvalue weighted by Gasteiger charge is 2.30. The van der Waals surface area contributed by atoms with Gasteiger partial charge in [-0.05, 0) is 36.2 Å². The van der Waals surface area contributed by atoms with E-state index in [-0.39, 0.29) is 18.2 Å². The van der Waals surface area contributed by atoms with E-state index in [4.69, 9.17) is 16.3 Å². The van der Waals surface area contributed by atoms with Crippen LogP contribution in [0.5, 0.6) is 0 Å². The van der Waals surface area contributed by atoms with Crippen LogP contribution in [0.1, 0.15) is 18.1 Å². The second-order valence-electron chi connectivity index (χ2n) is 4.95. The third-order valence-corrected chi connectivity index (χ3v) is 3.67. The average Bonchev–Trinajstić information content (AvgIpc) is 2.97. The van der Waals surface area contributed by atoms with Crippen LogP contribution >= 0.6 is 11.6 Å². The van der Waals surface area contributed by atoms with Gasteiger partial charge in [0.25, 0.3) is 0 Å². The third kappa shape index (κ3) is 3.52. The fraction of sp³-hybridized carbons (Fsp3) is 0.267. The molecule has 114 valence electrons.